The van der Waals surface area contributed by atoms with Crippen molar-refractivity contribution in [2.75, 3.05) is 0 Å². The van der Waals surface area contributed by atoms with Crippen LogP contribution in [0.15, 0.2) is 43.8 Å². The van der Waals surface area contributed by atoms with Crippen molar-refractivity contribution in [3.8, 4) is 0 Å². The molecule has 0 aromatic heterocycles. The lowest BCUT2D eigenvalue weighted by molar-refractivity contribution is -0.288. The fourth-order valence-electron chi connectivity index (χ4n) is 3.83. The van der Waals surface area contributed by atoms with Crippen molar-refractivity contribution in [2.24, 2.45) is 0 Å². The van der Waals surface area contributed by atoms with Crippen LogP contribution in [-0.4, -0.2) is 86.4 Å². The Kier molecular flexibility index (Phi) is 8.62. The van der Waals surface area contributed by atoms with Crippen molar-refractivity contribution in [1.82, 2.24) is 0 Å². The van der Waals surface area contributed by atoms with Crippen molar-refractivity contribution < 1.29 is 98.0 Å². The SMILES string of the molecule is O=C(O)c1c(S(=O)(=O)O)cc(C(c2cc(S(=O)(=O)O)c(C(=O)O)c(S(=O)(=O)O)c2)(C(F)(F)F)C(F)(F)F)cc1S(=O)(=O)O. The molecule has 0 spiro atoms. The summed E-state index contributed by atoms with van der Waals surface area (Å²) in [6.07, 6.45) is -14.2. The molecule has 6 N–H and O–H groups in total. The van der Waals surface area contributed by atoms with E-state index in [9.17, 15) is 98.0 Å². The summed E-state index contributed by atoms with van der Waals surface area (Å²) >= 11 is 0. The molecule has 0 aliphatic rings. The molecule has 0 saturated heterocycles. The van der Waals surface area contributed by atoms with Crippen LogP contribution in [0, 0.1) is 0 Å². The fourth-order valence-corrected chi connectivity index (χ4v) is 6.88. The standard InChI is InChI=1S/C17H10F6O16S4/c18-16(19,20)15(17(21,22)23,5-1-7(40(28,29)30)11(13(24)25)8(2-5)41(31,32)33)6-3-9(42(34,35)36)12(14(26)27)10(4-6)43(37,38)39/h1-4H,(H,24,25)(H,26,27)(H,28,29,30)(H,31,32,33)(H,34,35,36)(H,37,38,39). The maximum absolute atomic E-state index is 14.7. The highest BCUT2D eigenvalue weighted by atomic mass is 32.2. The van der Waals surface area contributed by atoms with E-state index in [1.54, 1.807) is 0 Å². The Morgan fingerprint density at radius 2 is 0.674 bits per heavy atom. The first kappa shape index (κ1) is 35.8. The zero-order valence-corrected chi connectivity index (χ0v) is 22.7. The molecule has 2 aromatic carbocycles. The van der Waals surface area contributed by atoms with Gasteiger partial charge in [-0.15, -0.1) is 0 Å². The van der Waals surface area contributed by atoms with Gasteiger partial charge in [0, 0.05) is 0 Å². The van der Waals surface area contributed by atoms with Crippen LogP contribution in [-0.2, 0) is 45.9 Å². The maximum atomic E-state index is 14.7. The second kappa shape index (κ2) is 10.4. The van der Waals surface area contributed by atoms with E-state index in [2.05, 4.69) is 0 Å². The van der Waals surface area contributed by atoms with Crippen molar-refractivity contribution >= 4 is 52.4 Å². The summed E-state index contributed by atoms with van der Waals surface area (Å²) < 4.78 is 220. The van der Waals surface area contributed by atoms with Gasteiger partial charge < -0.3 is 10.2 Å². The molecule has 43 heavy (non-hydrogen) atoms. The number of halogens is 6. The molecule has 0 fully saturated rings. The lowest BCUT2D eigenvalue weighted by Gasteiger charge is -2.39. The van der Waals surface area contributed by atoms with Gasteiger partial charge in [-0.25, -0.2) is 9.59 Å². The predicted octanol–water partition coefficient (Wildman–Crippen LogP) is 1.48. The molecule has 0 heterocycles. The largest absolute Gasteiger partial charge is 0.478 e. The smallest absolute Gasteiger partial charge is 0.411 e. The van der Waals surface area contributed by atoms with Gasteiger partial charge in [-0.1, -0.05) is 0 Å². The van der Waals surface area contributed by atoms with Crippen LogP contribution in [0.4, 0.5) is 26.3 Å². The van der Waals surface area contributed by atoms with Gasteiger partial charge in [0.05, 0.1) is 0 Å². The third kappa shape index (κ3) is 6.30. The highest BCUT2D eigenvalue weighted by molar-refractivity contribution is 7.87. The van der Waals surface area contributed by atoms with Crippen LogP contribution in [0.5, 0.6) is 0 Å². The second-order valence-electron chi connectivity index (χ2n) is 7.95. The normalized spacial score (nSPS) is 14.0. The molecule has 240 valence electrons. The zero-order chi connectivity index (χ0) is 34.1. The van der Waals surface area contributed by atoms with E-state index >= 15 is 0 Å². The van der Waals surface area contributed by atoms with Crippen LogP contribution >= 0.6 is 0 Å². The highest BCUT2D eigenvalue weighted by Crippen LogP contribution is 2.57. The quantitative estimate of drug-likeness (QED) is 0.167. The number of alkyl halides is 6. The minimum absolute atomic E-state index is 0.931. The average Bonchev–Trinajstić information content (AvgIpc) is 2.73. The van der Waals surface area contributed by atoms with E-state index in [1.807, 2.05) is 0 Å². The van der Waals surface area contributed by atoms with Crippen LogP contribution in [0.3, 0.4) is 0 Å². The second-order valence-corrected chi connectivity index (χ2v) is 13.5. The first-order chi connectivity index (χ1) is 18.8. The predicted molar refractivity (Wildman–Crippen MR) is 119 cm³/mol. The molecule has 26 heteroatoms. The Hall–Kier alpha value is -3.40. The maximum Gasteiger partial charge on any atom is 0.411 e. The molecule has 2 rings (SSSR count). The van der Waals surface area contributed by atoms with Crippen LogP contribution < -0.4 is 0 Å². The minimum atomic E-state index is -7.08. The lowest BCUT2D eigenvalue weighted by Crippen LogP contribution is -2.55. The molecule has 0 aliphatic heterocycles. The monoisotopic (exact) mass is 712 g/mol. The van der Waals surface area contributed by atoms with Gasteiger partial charge in [0.2, 0.25) is 5.41 Å². The summed E-state index contributed by atoms with van der Waals surface area (Å²) in [5, 5.41) is 18.4. The Labute approximate surface area is 234 Å². The molecule has 0 radical (unpaired) electrons. The molecule has 0 bridgehead atoms. The molecule has 0 unspecified atom stereocenters. The van der Waals surface area contributed by atoms with Gasteiger partial charge in [0.25, 0.3) is 40.5 Å². The van der Waals surface area contributed by atoms with Crippen LogP contribution in [0.2, 0.25) is 0 Å². The fraction of sp³-hybridized carbons (Fsp3) is 0.176. The van der Waals surface area contributed by atoms with E-state index in [0.29, 0.717) is 0 Å². The number of benzene rings is 2. The number of carboxylic acid groups (broad SMARTS) is 2. The number of carboxylic acids is 2. The van der Waals surface area contributed by atoms with Gasteiger partial charge in [0.1, 0.15) is 30.7 Å². The van der Waals surface area contributed by atoms with E-state index < -0.39 is 136 Å². The summed E-state index contributed by atoms with van der Waals surface area (Å²) in [5.74, 6) is -5.55. The third-order valence-corrected chi connectivity index (χ3v) is 8.90. The minimum Gasteiger partial charge on any atom is -0.478 e. The summed E-state index contributed by atoms with van der Waals surface area (Å²) in [7, 11) is -25.4. The molecule has 0 atom stereocenters. The Morgan fingerprint density at radius 3 is 0.791 bits per heavy atom. The van der Waals surface area contributed by atoms with E-state index in [1.165, 1.54) is 0 Å². The lowest BCUT2D eigenvalue weighted by atomic mass is 9.72. The van der Waals surface area contributed by atoms with E-state index in [0.717, 1.165) is 0 Å². The Morgan fingerprint density at radius 1 is 0.488 bits per heavy atom. The van der Waals surface area contributed by atoms with Gasteiger partial charge in [-0.05, 0) is 35.4 Å². The molecule has 0 amide bonds. The number of hydrogen-bond acceptors (Lipinski definition) is 10. The molecule has 16 nitrogen and oxygen atoms in total. The zero-order valence-electron chi connectivity index (χ0n) is 19.5. The number of hydrogen-bond donors (Lipinski definition) is 6. The molecule has 2 aromatic rings. The van der Waals surface area contributed by atoms with E-state index in [4.69, 9.17) is 0 Å². The van der Waals surface area contributed by atoms with Crippen LogP contribution in [0.25, 0.3) is 0 Å². The molecule has 0 aliphatic carbocycles. The van der Waals surface area contributed by atoms with Gasteiger partial charge in [0.15, 0.2) is 0 Å². The first-order valence-corrected chi connectivity index (χ1v) is 15.4. The number of rotatable bonds is 8. The topological polar surface area (TPSA) is 292 Å². The van der Waals surface area contributed by atoms with Crippen molar-refractivity contribution in [3.05, 3.63) is 46.5 Å². The summed E-state index contributed by atoms with van der Waals surface area (Å²) in [5.41, 5.74) is -16.4. The van der Waals surface area contributed by atoms with Gasteiger partial charge >= 0.3 is 24.3 Å². The summed E-state index contributed by atoms with van der Waals surface area (Å²) in [6, 6.07) is -3.72. The third-order valence-electron chi connectivity index (χ3n) is 5.39. The molecule has 0 saturated carbocycles. The van der Waals surface area contributed by atoms with Crippen LogP contribution in [0.1, 0.15) is 31.8 Å². The Bertz CT molecular complexity index is 1740. The van der Waals surface area contributed by atoms with Crippen molar-refractivity contribution in [3.63, 3.8) is 0 Å². The number of aromatic carboxylic acids is 2. The number of carbonyl (C=O) groups is 2. The van der Waals surface area contributed by atoms with Crippen molar-refractivity contribution in [2.45, 2.75) is 37.3 Å². The van der Waals surface area contributed by atoms with Gasteiger partial charge in [-0.3, -0.25) is 18.2 Å². The van der Waals surface area contributed by atoms with E-state index in [-0.39, 0.29) is 0 Å². The molecular formula is C17H10F6O16S4. The first-order valence-electron chi connectivity index (χ1n) is 9.68. The Balaban J connectivity index is 3.64. The van der Waals surface area contributed by atoms with Crippen molar-refractivity contribution in [1.29, 1.82) is 0 Å². The summed E-state index contributed by atoms with van der Waals surface area (Å²) in [6.45, 7) is 0. The molecular weight excluding hydrogens is 702 g/mol. The average molecular weight is 713 g/mol. The van der Waals surface area contributed by atoms with Gasteiger partial charge in [-0.2, -0.15) is 60.0 Å². The highest BCUT2D eigenvalue weighted by Gasteiger charge is 2.73. The summed E-state index contributed by atoms with van der Waals surface area (Å²) in [4.78, 5) is 12.9.